The zero-order valence-corrected chi connectivity index (χ0v) is 9.74. The molecule has 0 bridgehead atoms. The summed E-state index contributed by atoms with van der Waals surface area (Å²) in [6.45, 7) is 3.12. The van der Waals surface area contributed by atoms with Crippen LogP contribution < -0.4 is 4.74 Å². The van der Waals surface area contributed by atoms with Gasteiger partial charge in [0.1, 0.15) is 5.75 Å². The number of benzene rings is 1. The van der Waals surface area contributed by atoms with Gasteiger partial charge >= 0.3 is 0 Å². The molecule has 0 N–H and O–H groups in total. The quantitative estimate of drug-likeness (QED) is 0.666. The van der Waals surface area contributed by atoms with Gasteiger partial charge in [-0.25, -0.2) is 0 Å². The third-order valence-corrected chi connectivity index (χ3v) is 3.68. The summed E-state index contributed by atoms with van der Waals surface area (Å²) in [5, 5.41) is 0. The van der Waals surface area contributed by atoms with Crippen molar-refractivity contribution in [3.05, 3.63) is 29.8 Å². The van der Waals surface area contributed by atoms with Crippen molar-refractivity contribution in [3.63, 3.8) is 0 Å². The van der Waals surface area contributed by atoms with Crippen molar-refractivity contribution < 1.29 is 9.47 Å². The number of rotatable bonds is 0. The van der Waals surface area contributed by atoms with Crippen molar-refractivity contribution in [2.75, 3.05) is 6.61 Å². The predicted octanol–water partition coefficient (Wildman–Crippen LogP) is 3.15. The Balaban J connectivity index is 1.86. The summed E-state index contributed by atoms with van der Waals surface area (Å²) in [4.78, 5) is 0. The third kappa shape index (κ3) is 1.71. The molecule has 2 aliphatic heterocycles. The van der Waals surface area contributed by atoms with Crippen LogP contribution in [0.2, 0.25) is 0 Å². The molecule has 0 aliphatic carbocycles. The minimum Gasteiger partial charge on any atom is -0.462 e. The molecule has 2 atom stereocenters. The van der Waals surface area contributed by atoms with E-state index in [-0.39, 0.29) is 5.79 Å². The molecule has 1 aromatic rings. The lowest BCUT2D eigenvalue weighted by atomic mass is 9.89. The highest BCUT2D eigenvalue weighted by Gasteiger charge is 2.40. The van der Waals surface area contributed by atoms with Crippen LogP contribution in [-0.4, -0.2) is 12.4 Å². The second kappa shape index (κ2) is 3.77. The van der Waals surface area contributed by atoms with Crippen LogP contribution >= 0.6 is 0 Å². The monoisotopic (exact) mass is 218 g/mol. The van der Waals surface area contributed by atoms with Gasteiger partial charge in [-0.1, -0.05) is 25.1 Å². The van der Waals surface area contributed by atoms with Gasteiger partial charge in [0.05, 0.1) is 6.61 Å². The van der Waals surface area contributed by atoms with Gasteiger partial charge in [-0.15, -0.1) is 0 Å². The predicted molar refractivity (Wildman–Crippen MR) is 62.5 cm³/mol. The van der Waals surface area contributed by atoms with Crippen molar-refractivity contribution in [2.45, 2.75) is 38.4 Å². The molecular weight excluding hydrogens is 200 g/mol. The van der Waals surface area contributed by atoms with Gasteiger partial charge in [0.2, 0.25) is 5.79 Å². The second-order valence-corrected chi connectivity index (χ2v) is 5.07. The highest BCUT2D eigenvalue weighted by atomic mass is 16.7. The van der Waals surface area contributed by atoms with E-state index >= 15 is 0 Å². The molecule has 1 saturated heterocycles. The van der Waals surface area contributed by atoms with Crippen LogP contribution in [0.25, 0.3) is 0 Å². The van der Waals surface area contributed by atoms with Crippen LogP contribution in [0, 0.1) is 5.92 Å². The van der Waals surface area contributed by atoms with Crippen LogP contribution in [-0.2, 0) is 11.2 Å². The van der Waals surface area contributed by atoms with E-state index in [0.29, 0.717) is 5.92 Å². The highest BCUT2D eigenvalue weighted by Crippen LogP contribution is 2.40. The fourth-order valence-corrected chi connectivity index (χ4v) is 2.77. The first-order valence-corrected chi connectivity index (χ1v) is 6.18. The van der Waals surface area contributed by atoms with E-state index in [1.807, 2.05) is 6.07 Å². The van der Waals surface area contributed by atoms with E-state index in [0.717, 1.165) is 38.0 Å². The topological polar surface area (TPSA) is 18.5 Å². The molecule has 0 amide bonds. The molecule has 2 heteroatoms. The van der Waals surface area contributed by atoms with Crippen molar-refractivity contribution >= 4 is 0 Å². The zero-order valence-electron chi connectivity index (χ0n) is 9.74. The number of fused-ring (bicyclic) bond motifs is 1. The Bertz CT molecular complexity index is 388. The van der Waals surface area contributed by atoms with E-state index in [9.17, 15) is 0 Å². The molecule has 0 unspecified atom stereocenters. The normalized spacial score (nSPS) is 33.2. The van der Waals surface area contributed by atoms with Crippen molar-refractivity contribution in [1.82, 2.24) is 0 Å². The van der Waals surface area contributed by atoms with Gasteiger partial charge in [0.15, 0.2) is 0 Å². The first kappa shape index (κ1) is 10.2. The van der Waals surface area contributed by atoms with Crippen LogP contribution in [0.15, 0.2) is 24.3 Å². The molecular formula is C14H18O2. The summed E-state index contributed by atoms with van der Waals surface area (Å²) in [6.07, 6.45) is 4.26. The Hall–Kier alpha value is -1.02. The largest absolute Gasteiger partial charge is 0.462 e. The fourth-order valence-electron chi connectivity index (χ4n) is 2.77. The number of para-hydroxylation sites is 1. The molecule has 16 heavy (non-hydrogen) atoms. The number of hydrogen-bond donors (Lipinski definition) is 0. The standard InChI is InChI=1S/C14H18O2/c1-11-7-9-15-14(10-11)8-6-12-4-2-3-5-13(12)16-14/h2-5,11H,6-10H2,1H3/t11-,14+/m0/s1. The minimum atomic E-state index is -0.327. The fraction of sp³-hybridized carbons (Fsp3) is 0.571. The van der Waals surface area contributed by atoms with Gasteiger partial charge in [-0.05, 0) is 30.4 Å². The molecule has 1 spiro atoms. The highest BCUT2D eigenvalue weighted by molar-refractivity contribution is 5.35. The molecule has 86 valence electrons. The Morgan fingerprint density at radius 2 is 2.19 bits per heavy atom. The van der Waals surface area contributed by atoms with Crippen LogP contribution in [0.1, 0.15) is 31.7 Å². The smallest absolute Gasteiger partial charge is 0.211 e. The van der Waals surface area contributed by atoms with Gasteiger partial charge in [-0.3, -0.25) is 0 Å². The van der Waals surface area contributed by atoms with Gasteiger partial charge in [-0.2, -0.15) is 0 Å². The summed E-state index contributed by atoms with van der Waals surface area (Å²) in [7, 11) is 0. The molecule has 0 saturated carbocycles. The molecule has 1 fully saturated rings. The summed E-state index contributed by atoms with van der Waals surface area (Å²) < 4.78 is 12.0. The van der Waals surface area contributed by atoms with Crippen LogP contribution in [0.4, 0.5) is 0 Å². The first-order valence-electron chi connectivity index (χ1n) is 6.18. The molecule has 0 radical (unpaired) electrons. The summed E-state index contributed by atoms with van der Waals surface area (Å²) in [5.41, 5.74) is 1.31. The Morgan fingerprint density at radius 1 is 1.31 bits per heavy atom. The summed E-state index contributed by atoms with van der Waals surface area (Å²) in [5.74, 6) is 1.40. The van der Waals surface area contributed by atoms with Crippen molar-refractivity contribution in [2.24, 2.45) is 5.92 Å². The average molecular weight is 218 g/mol. The Morgan fingerprint density at radius 3 is 3.06 bits per heavy atom. The summed E-state index contributed by atoms with van der Waals surface area (Å²) >= 11 is 0. The lowest BCUT2D eigenvalue weighted by Gasteiger charge is -2.42. The Labute approximate surface area is 96.6 Å². The van der Waals surface area contributed by atoms with Gasteiger partial charge < -0.3 is 9.47 Å². The van der Waals surface area contributed by atoms with Crippen LogP contribution in [0.5, 0.6) is 5.75 Å². The zero-order chi connectivity index (χ0) is 11.0. The number of aryl methyl sites for hydroxylation is 1. The van der Waals surface area contributed by atoms with E-state index in [1.54, 1.807) is 0 Å². The Kier molecular flexibility index (Phi) is 2.40. The molecule has 0 aromatic heterocycles. The molecule has 3 rings (SSSR count). The molecule has 2 heterocycles. The van der Waals surface area contributed by atoms with E-state index in [4.69, 9.17) is 9.47 Å². The first-order chi connectivity index (χ1) is 7.77. The van der Waals surface area contributed by atoms with Gasteiger partial charge in [0, 0.05) is 12.8 Å². The second-order valence-electron chi connectivity index (χ2n) is 5.07. The molecule has 1 aromatic carbocycles. The third-order valence-electron chi connectivity index (χ3n) is 3.68. The maximum Gasteiger partial charge on any atom is 0.211 e. The van der Waals surface area contributed by atoms with Crippen molar-refractivity contribution in [1.29, 1.82) is 0 Å². The van der Waals surface area contributed by atoms with Gasteiger partial charge in [0.25, 0.3) is 0 Å². The molecule has 2 nitrogen and oxygen atoms in total. The minimum absolute atomic E-state index is 0.327. The maximum atomic E-state index is 6.11. The lowest BCUT2D eigenvalue weighted by molar-refractivity contribution is -0.224. The SMILES string of the molecule is C[C@H]1CCO[C@@]2(CCc3ccccc3O2)C1. The van der Waals surface area contributed by atoms with Crippen molar-refractivity contribution in [3.8, 4) is 5.75 Å². The molecule has 2 aliphatic rings. The lowest BCUT2D eigenvalue weighted by Crippen LogP contribution is -2.46. The maximum absolute atomic E-state index is 6.11. The average Bonchev–Trinajstić information content (AvgIpc) is 2.28. The van der Waals surface area contributed by atoms with E-state index < -0.39 is 0 Å². The van der Waals surface area contributed by atoms with Crippen LogP contribution in [0.3, 0.4) is 0 Å². The number of hydrogen-bond acceptors (Lipinski definition) is 2. The van der Waals surface area contributed by atoms with E-state index in [2.05, 4.69) is 25.1 Å². The summed E-state index contributed by atoms with van der Waals surface area (Å²) in [6, 6.07) is 8.31. The van der Waals surface area contributed by atoms with E-state index in [1.165, 1.54) is 5.56 Å². The number of ether oxygens (including phenoxy) is 2.